The quantitative estimate of drug-likeness (QED) is 0.517. The van der Waals surface area contributed by atoms with Gasteiger partial charge in [0.25, 0.3) is 5.91 Å². The minimum atomic E-state index is -4.52. The van der Waals surface area contributed by atoms with Gasteiger partial charge in [-0.15, -0.1) is 0 Å². The van der Waals surface area contributed by atoms with Gasteiger partial charge in [0.15, 0.2) is 11.5 Å². The van der Waals surface area contributed by atoms with Crippen LogP contribution in [-0.2, 0) is 11.0 Å². The smallest absolute Gasteiger partial charge is 0.416 e. The molecule has 8 heteroatoms. The molecule has 5 rings (SSSR count). The maximum Gasteiger partial charge on any atom is 0.416 e. The highest BCUT2D eigenvalue weighted by molar-refractivity contribution is 6.05. The van der Waals surface area contributed by atoms with Crippen LogP contribution in [0, 0.1) is 6.92 Å². The molecule has 0 unspecified atom stereocenters. The monoisotopic (exact) mass is 441 g/mol. The minimum Gasteiger partial charge on any atom is -0.478 e. The molecule has 3 aromatic rings. The van der Waals surface area contributed by atoms with Gasteiger partial charge in [-0.2, -0.15) is 13.2 Å². The van der Waals surface area contributed by atoms with Crippen molar-refractivity contribution in [2.24, 2.45) is 0 Å². The normalized spacial score (nSPS) is 19.6. The van der Waals surface area contributed by atoms with Crippen LogP contribution < -0.4 is 19.1 Å². The third kappa shape index (κ3) is 3.41. The van der Waals surface area contributed by atoms with Crippen LogP contribution in [0.25, 0.3) is 0 Å². The summed E-state index contributed by atoms with van der Waals surface area (Å²) in [4.78, 5) is 14.4. The molecular weight excluding hydrogens is 423 g/mol. The molecule has 164 valence electrons. The SMILES string of the molecule is Cc1ccccc1O[C@@H]1C(=O)N(c2cccc(C(F)(F)F)c2)[C@@H]1c1ccc2c(c1)OCO2. The summed E-state index contributed by atoms with van der Waals surface area (Å²) in [5.41, 5.74) is 0.847. The van der Waals surface area contributed by atoms with E-state index in [0.29, 0.717) is 22.8 Å². The Morgan fingerprint density at radius 1 is 0.969 bits per heavy atom. The van der Waals surface area contributed by atoms with Crippen LogP contribution in [0.5, 0.6) is 17.2 Å². The number of alkyl halides is 3. The second-order valence-electron chi connectivity index (χ2n) is 7.62. The summed E-state index contributed by atoms with van der Waals surface area (Å²) in [6, 6.07) is 16.6. The van der Waals surface area contributed by atoms with Crippen molar-refractivity contribution in [1.29, 1.82) is 0 Å². The summed E-state index contributed by atoms with van der Waals surface area (Å²) >= 11 is 0. The van der Waals surface area contributed by atoms with Gasteiger partial charge in [0.2, 0.25) is 12.9 Å². The number of hydrogen-bond donors (Lipinski definition) is 0. The molecule has 2 aliphatic heterocycles. The predicted octanol–water partition coefficient (Wildman–Crippen LogP) is 5.28. The fourth-order valence-corrected chi connectivity index (χ4v) is 3.94. The Kier molecular flexibility index (Phi) is 4.73. The van der Waals surface area contributed by atoms with Gasteiger partial charge in [-0.3, -0.25) is 9.69 Å². The molecule has 2 atom stereocenters. The van der Waals surface area contributed by atoms with Crippen LogP contribution in [0.4, 0.5) is 18.9 Å². The average Bonchev–Trinajstić information content (AvgIpc) is 3.24. The fraction of sp³-hybridized carbons (Fsp3) is 0.208. The molecule has 0 radical (unpaired) electrons. The fourth-order valence-electron chi connectivity index (χ4n) is 3.94. The molecule has 0 aliphatic carbocycles. The van der Waals surface area contributed by atoms with Gasteiger partial charge in [0.1, 0.15) is 11.8 Å². The second-order valence-corrected chi connectivity index (χ2v) is 7.62. The number of aryl methyl sites for hydroxylation is 1. The molecule has 1 amide bonds. The number of β-lactam (4-membered cyclic amide) rings is 1. The van der Waals surface area contributed by atoms with E-state index in [0.717, 1.165) is 17.7 Å². The van der Waals surface area contributed by atoms with E-state index >= 15 is 0 Å². The largest absolute Gasteiger partial charge is 0.478 e. The molecule has 2 heterocycles. The van der Waals surface area contributed by atoms with Crippen molar-refractivity contribution >= 4 is 11.6 Å². The van der Waals surface area contributed by atoms with E-state index in [1.807, 2.05) is 19.1 Å². The number of halogens is 3. The maximum atomic E-state index is 13.3. The first-order valence-electron chi connectivity index (χ1n) is 9.95. The number of rotatable bonds is 4. The number of nitrogens with zero attached hydrogens (tertiary/aromatic N) is 1. The summed E-state index contributed by atoms with van der Waals surface area (Å²) in [5.74, 6) is 1.21. The Bertz CT molecular complexity index is 1190. The molecule has 0 bridgehead atoms. The van der Waals surface area contributed by atoms with Crippen LogP contribution in [0.3, 0.4) is 0 Å². The number of hydrogen-bond acceptors (Lipinski definition) is 4. The number of anilines is 1. The lowest BCUT2D eigenvalue weighted by molar-refractivity contribution is -0.138. The number of fused-ring (bicyclic) bond motifs is 1. The molecule has 5 nitrogen and oxygen atoms in total. The number of ether oxygens (including phenoxy) is 3. The van der Waals surface area contributed by atoms with E-state index < -0.39 is 29.8 Å². The van der Waals surface area contributed by atoms with E-state index in [9.17, 15) is 18.0 Å². The highest BCUT2D eigenvalue weighted by Gasteiger charge is 2.51. The highest BCUT2D eigenvalue weighted by atomic mass is 19.4. The number of para-hydroxylation sites is 1. The highest BCUT2D eigenvalue weighted by Crippen LogP contribution is 2.45. The van der Waals surface area contributed by atoms with Gasteiger partial charge >= 0.3 is 6.18 Å². The predicted molar refractivity (Wildman–Crippen MR) is 110 cm³/mol. The molecular formula is C24H18F3NO4. The number of benzene rings is 3. The molecule has 1 saturated heterocycles. The maximum absolute atomic E-state index is 13.3. The van der Waals surface area contributed by atoms with Crippen molar-refractivity contribution in [2.75, 3.05) is 11.7 Å². The number of carbonyl (C=O) groups is 1. The van der Waals surface area contributed by atoms with Gasteiger partial charge in [-0.1, -0.05) is 30.3 Å². The molecule has 1 fully saturated rings. The molecule has 32 heavy (non-hydrogen) atoms. The van der Waals surface area contributed by atoms with Crippen molar-refractivity contribution in [3.05, 3.63) is 83.4 Å². The van der Waals surface area contributed by atoms with Gasteiger partial charge in [0.05, 0.1) is 5.56 Å². The van der Waals surface area contributed by atoms with Gasteiger partial charge in [0, 0.05) is 5.69 Å². The average molecular weight is 441 g/mol. The summed E-state index contributed by atoms with van der Waals surface area (Å²) < 4.78 is 56.7. The molecule has 0 N–H and O–H groups in total. The zero-order valence-electron chi connectivity index (χ0n) is 16.9. The zero-order chi connectivity index (χ0) is 22.5. The minimum absolute atomic E-state index is 0.0862. The van der Waals surface area contributed by atoms with Gasteiger partial charge in [-0.25, -0.2) is 0 Å². The van der Waals surface area contributed by atoms with E-state index in [2.05, 4.69) is 0 Å². The first kappa shape index (κ1) is 20.2. The van der Waals surface area contributed by atoms with Gasteiger partial charge in [-0.05, 0) is 54.4 Å². The van der Waals surface area contributed by atoms with Crippen molar-refractivity contribution in [3.8, 4) is 17.2 Å². The standard InChI is InChI=1S/C24H18F3NO4/c1-14-5-2-3-8-18(14)32-22-21(15-9-10-19-20(11-15)31-13-30-19)28(23(22)29)17-7-4-6-16(12-17)24(25,26)27/h2-12,21-22H,13H2,1H3/t21-,22+/m1/s1. The van der Waals surface area contributed by atoms with Gasteiger partial charge < -0.3 is 14.2 Å². The summed E-state index contributed by atoms with van der Waals surface area (Å²) in [7, 11) is 0. The lowest BCUT2D eigenvalue weighted by Crippen LogP contribution is -2.61. The Labute approximate surface area is 181 Å². The molecule has 3 aromatic carbocycles. The first-order valence-corrected chi connectivity index (χ1v) is 9.95. The molecule has 0 spiro atoms. The van der Waals surface area contributed by atoms with Crippen LogP contribution in [0.1, 0.15) is 22.7 Å². The second kappa shape index (κ2) is 7.47. The van der Waals surface area contributed by atoms with E-state index in [-0.39, 0.29) is 12.5 Å². The van der Waals surface area contributed by atoms with Crippen LogP contribution >= 0.6 is 0 Å². The molecule has 0 aromatic heterocycles. The Hall–Kier alpha value is -3.68. The molecule has 2 aliphatic rings. The third-order valence-corrected chi connectivity index (χ3v) is 5.58. The van der Waals surface area contributed by atoms with Crippen molar-refractivity contribution in [2.45, 2.75) is 25.2 Å². The lowest BCUT2D eigenvalue weighted by atomic mass is 9.89. The van der Waals surface area contributed by atoms with E-state index in [4.69, 9.17) is 14.2 Å². The Balaban J connectivity index is 1.54. The van der Waals surface area contributed by atoms with Crippen LogP contribution in [0.2, 0.25) is 0 Å². The van der Waals surface area contributed by atoms with E-state index in [1.54, 1.807) is 30.3 Å². The Morgan fingerprint density at radius 2 is 1.75 bits per heavy atom. The summed E-state index contributed by atoms with van der Waals surface area (Å²) in [6.45, 7) is 1.95. The number of amides is 1. The van der Waals surface area contributed by atoms with Crippen molar-refractivity contribution in [1.82, 2.24) is 0 Å². The summed E-state index contributed by atoms with van der Waals surface area (Å²) in [6.07, 6.45) is -5.42. The van der Waals surface area contributed by atoms with Crippen LogP contribution in [0.15, 0.2) is 66.7 Å². The lowest BCUT2D eigenvalue weighted by Gasteiger charge is -2.47. The van der Waals surface area contributed by atoms with E-state index in [1.165, 1.54) is 17.0 Å². The number of carbonyl (C=O) groups excluding carboxylic acids is 1. The zero-order valence-corrected chi connectivity index (χ0v) is 16.9. The third-order valence-electron chi connectivity index (χ3n) is 5.58. The topological polar surface area (TPSA) is 48.0 Å². The van der Waals surface area contributed by atoms with Crippen molar-refractivity contribution < 1.29 is 32.2 Å². The molecule has 0 saturated carbocycles. The Morgan fingerprint density at radius 3 is 2.53 bits per heavy atom. The summed E-state index contributed by atoms with van der Waals surface area (Å²) in [5, 5.41) is 0. The van der Waals surface area contributed by atoms with Crippen LogP contribution in [-0.4, -0.2) is 18.8 Å². The van der Waals surface area contributed by atoms with Crippen molar-refractivity contribution in [3.63, 3.8) is 0 Å². The first-order chi connectivity index (χ1) is 15.3.